The quantitative estimate of drug-likeness (QED) is 0.895. The fourth-order valence-corrected chi connectivity index (χ4v) is 3.93. The Labute approximate surface area is 125 Å². The molecule has 1 saturated heterocycles. The molecule has 1 aromatic carbocycles. The van der Waals surface area contributed by atoms with Crippen LogP contribution in [0.3, 0.4) is 0 Å². The van der Waals surface area contributed by atoms with Gasteiger partial charge in [0.25, 0.3) is 0 Å². The minimum absolute atomic E-state index is 0.653. The van der Waals surface area contributed by atoms with Gasteiger partial charge in [0.2, 0.25) is 0 Å². The van der Waals surface area contributed by atoms with Gasteiger partial charge in [-0.15, -0.1) is 11.3 Å². The van der Waals surface area contributed by atoms with E-state index >= 15 is 0 Å². The van der Waals surface area contributed by atoms with E-state index in [0.29, 0.717) is 5.92 Å². The number of aromatic nitrogens is 1. The van der Waals surface area contributed by atoms with Gasteiger partial charge in [-0.25, -0.2) is 4.98 Å². The van der Waals surface area contributed by atoms with Crippen LogP contribution in [0.25, 0.3) is 11.3 Å². The molecule has 0 amide bonds. The monoisotopic (exact) mass is 286 g/mol. The second-order valence-electron chi connectivity index (χ2n) is 5.78. The summed E-state index contributed by atoms with van der Waals surface area (Å²) in [5.41, 5.74) is 5.15. The highest BCUT2D eigenvalue weighted by Gasteiger charge is 2.20. The van der Waals surface area contributed by atoms with Crippen molar-refractivity contribution in [2.45, 2.75) is 39.5 Å². The molecule has 1 aliphatic heterocycles. The van der Waals surface area contributed by atoms with E-state index in [2.05, 4.69) is 44.3 Å². The third-order valence-corrected chi connectivity index (χ3v) is 5.42. The van der Waals surface area contributed by atoms with Gasteiger partial charge in [-0.1, -0.05) is 12.1 Å². The molecule has 1 aromatic heterocycles. The summed E-state index contributed by atoms with van der Waals surface area (Å²) in [6, 6.07) is 6.67. The van der Waals surface area contributed by atoms with Crippen LogP contribution in [0.4, 0.5) is 0 Å². The van der Waals surface area contributed by atoms with Crippen molar-refractivity contribution in [2.24, 2.45) is 0 Å². The minimum atomic E-state index is 0.653. The summed E-state index contributed by atoms with van der Waals surface area (Å²) >= 11 is 1.89. The highest BCUT2D eigenvalue weighted by molar-refractivity contribution is 7.12. The minimum Gasteiger partial charge on any atom is -0.317 e. The Kier molecular flexibility index (Phi) is 3.90. The zero-order valence-electron chi connectivity index (χ0n) is 12.5. The second-order valence-corrected chi connectivity index (χ2v) is 7.01. The fourth-order valence-electron chi connectivity index (χ4n) is 2.82. The number of rotatable bonds is 2. The molecular weight excluding hydrogens is 264 g/mol. The lowest BCUT2D eigenvalue weighted by atomic mass is 9.99. The van der Waals surface area contributed by atoms with Crippen LogP contribution >= 0.6 is 11.3 Å². The molecule has 0 aliphatic carbocycles. The van der Waals surface area contributed by atoms with Crippen molar-refractivity contribution in [2.75, 3.05) is 13.1 Å². The number of hydrogen-bond acceptors (Lipinski definition) is 3. The Morgan fingerprint density at radius 1 is 1.10 bits per heavy atom. The lowest BCUT2D eigenvalue weighted by molar-refractivity contribution is 0.459. The third-order valence-electron chi connectivity index (χ3n) is 4.28. The molecule has 0 spiro atoms. The average Bonchev–Trinajstić information content (AvgIpc) is 2.85. The van der Waals surface area contributed by atoms with Gasteiger partial charge >= 0.3 is 0 Å². The molecule has 20 heavy (non-hydrogen) atoms. The first-order valence-corrected chi connectivity index (χ1v) is 8.22. The van der Waals surface area contributed by atoms with Crippen LogP contribution in [0.1, 0.15) is 39.8 Å². The van der Waals surface area contributed by atoms with Crippen molar-refractivity contribution in [1.82, 2.24) is 10.3 Å². The first kappa shape index (κ1) is 13.8. The number of hydrogen-bond donors (Lipinski definition) is 1. The summed E-state index contributed by atoms with van der Waals surface area (Å²) in [7, 11) is 0. The van der Waals surface area contributed by atoms with Gasteiger partial charge in [0.1, 0.15) is 0 Å². The number of thiazole rings is 1. The first-order chi connectivity index (χ1) is 9.65. The molecule has 2 heterocycles. The molecule has 1 aliphatic rings. The van der Waals surface area contributed by atoms with Crippen molar-refractivity contribution < 1.29 is 0 Å². The molecule has 0 unspecified atom stereocenters. The SMILES string of the molecule is Cc1ccc(-c2nc(C3CCNCC3)sc2C)cc1C. The summed E-state index contributed by atoms with van der Waals surface area (Å²) in [5.74, 6) is 0.653. The predicted molar refractivity (Wildman–Crippen MR) is 86.6 cm³/mol. The van der Waals surface area contributed by atoms with Gasteiger partial charge < -0.3 is 5.32 Å². The lowest BCUT2D eigenvalue weighted by Gasteiger charge is -2.20. The Hall–Kier alpha value is -1.19. The molecule has 0 radical (unpaired) electrons. The first-order valence-electron chi connectivity index (χ1n) is 7.41. The van der Waals surface area contributed by atoms with Crippen LogP contribution in [0.2, 0.25) is 0 Å². The summed E-state index contributed by atoms with van der Waals surface area (Å²) in [6.07, 6.45) is 2.44. The molecule has 2 aromatic rings. The molecule has 106 valence electrons. The zero-order chi connectivity index (χ0) is 14.1. The van der Waals surface area contributed by atoms with Crippen LogP contribution in [0.15, 0.2) is 18.2 Å². The third kappa shape index (κ3) is 2.65. The molecular formula is C17H22N2S. The number of benzene rings is 1. The number of nitrogens with zero attached hydrogens (tertiary/aromatic N) is 1. The van der Waals surface area contributed by atoms with Gasteiger partial charge in [0, 0.05) is 16.4 Å². The summed E-state index contributed by atoms with van der Waals surface area (Å²) in [4.78, 5) is 6.31. The summed E-state index contributed by atoms with van der Waals surface area (Å²) in [5, 5.41) is 4.76. The predicted octanol–water partition coefficient (Wildman–Crippen LogP) is 4.20. The van der Waals surface area contributed by atoms with E-state index in [0.717, 1.165) is 13.1 Å². The maximum Gasteiger partial charge on any atom is 0.0967 e. The van der Waals surface area contributed by atoms with Crippen LogP contribution < -0.4 is 5.32 Å². The fraction of sp³-hybridized carbons (Fsp3) is 0.471. The summed E-state index contributed by atoms with van der Waals surface area (Å²) < 4.78 is 0. The van der Waals surface area contributed by atoms with E-state index < -0.39 is 0 Å². The second kappa shape index (κ2) is 5.66. The van der Waals surface area contributed by atoms with Gasteiger partial charge in [-0.05, 0) is 63.9 Å². The van der Waals surface area contributed by atoms with E-state index in [1.165, 1.54) is 45.1 Å². The number of nitrogens with one attached hydrogen (secondary N) is 1. The Morgan fingerprint density at radius 2 is 1.85 bits per heavy atom. The topological polar surface area (TPSA) is 24.9 Å². The van der Waals surface area contributed by atoms with E-state index in [9.17, 15) is 0 Å². The van der Waals surface area contributed by atoms with Crippen LogP contribution in [-0.2, 0) is 0 Å². The van der Waals surface area contributed by atoms with Crippen LogP contribution in [-0.4, -0.2) is 18.1 Å². The molecule has 1 N–H and O–H groups in total. The summed E-state index contributed by atoms with van der Waals surface area (Å²) in [6.45, 7) is 8.79. The average molecular weight is 286 g/mol. The van der Waals surface area contributed by atoms with Gasteiger partial charge in [-0.2, -0.15) is 0 Å². The number of piperidine rings is 1. The van der Waals surface area contributed by atoms with E-state index in [1.54, 1.807) is 0 Å². The van der Waals surface area contributed by atoms with E-state index in [4.69, 9.17) is 4.98 Å². The van der Waals surface area contributed by atoms with E-state index in [-0.39, 0.29) is 0 Å². The number of aryl methyl sites for hydroxylation is 3. The molecule has 3 heteroatoms. The van der Waals surface area contributed by atoms with Crippen molar-refractivity contribution in [1.29, 1.82) is 0 Å². The van der Waals surface area contributed by atoms with Gasteiger partial charge in [-0.3, -0.25) is 0 Å². The normalized spacial score (nSPS) is 16.6. The largest absolute Gasteiger partial charge is 0.317 e. The maximum absolute atomic E-state index is 4.97. The highest BCUT2D eigenvalue weighted by Crippen LogP contribution is 2.35. The Morgan fingerprint density at radius 3 is 2.55 bits per heavy atom. The van der Waals surface area contributed by atoms with Gasteiger partial charge in [0.15, 0.2) is 0 Å². The molecule has 1 fully saturated rings. The van der Waals surface area contributed by atoms with Crippen molar-refractivity contribution in [3.63, 3.8) is 0 Å². The van der Waals surface area contributed by atoms with E-state index in [1.807, 2.05) is 11.3 Å². The van der Waals surface area contributed by atoms with Crippen LogP contribution in [0, 0.1) is 20.8 Å². The van der Waals surface area contributed by atoms with Crippen molar-refractivity contribution >= 4 is 11.3 Å². The zero-order valence-corrected chi connectivity index (χ0v) is 13.3. The van der Waals surface area contributed by atoms with Crippen molar-refractivity contribution in [3.8, 4) is 11.3 Å². The molecule has 0 bridgehead atoms. The van der Waals surface area contributed by atoms with Crippen molar-refractivity contribution in [3.05, 3.63) is 39.2 Å². The Balaban J connectivity index is 1.93. The highest BCUT2D eigenvalue weighted by atomic mass is 32.1. The molecule has 0 saturated carbocycles. The molecule has 0 atom stereocenters. The standard InChI is InChI=1S/C17H22N2S/c1-11-4-5-15(10-12(11)2)16-13(3)20-17(19-16)14-6-8-18-9-7-14/h4-5,10,14,18H,6-9H2,1-3H3. The van der Waals surface area contributed by atoms with Gasteiger partial charge in [0.05, 0.1) is 10.7 Å². The smallest absolute Gasteiger partial charge is 0.0967 e. The maximum atomic E-state index is 4.97. The Bertz CT molecular complexity index is 609. The molecule has 3 rings (SSSR count). The molecule has 2 nitrogen and oxygen atoms in total. The van der Waals surface area contributed by atoms with Crippen LogP contribution in [0.5, 0.6) is 0 Å². The lowest BCUT2D eigenvalue weighted by Crippen LogP contribution is -2.26.